The van der Waals surface area contributed by atoms with Gasteiger partial charge in [0.1, 0.15) is 5.76 Å². The van der Waals surface area contributed by atoms with Gasteiger partial charge in [-0.05, 0) is 0 Å². The largest absolute Gasteiger partial charge is 0.843 e. The molecule has 1 aliphatic rings. The lowest BCUT2D eigenvalue weighted by molar-refractivity contribution is -0.296. The average molecular weight is 136 g/mol. The van der Waals surface area contributed by atoms with Crippen LogP contribution >= 0.6 is 0 Å². The van der Waals surface area contributed by atoms with Gasteiger partial charge in [-0.25, -0.2) is 9.59 Å². The van der Waals surface area contributed by atoms with Gasteiger partial charge in [-0.2, -0.15) is 4.79 Å². The van der Waals surface area contributed by atoms with Crippen LogP contribution in [0.1, 0.15) is 0 Å². The third-order valence-electron chi connectivity index (χ3n) is 0.989. The zero-order valence-electron chi connectivity index (χ0n) is 4.63. The highest BCUT2D eigenvalue weighted by Crippen LogP contribution is 2.08. The van der Waals surface area contributed by atoms with Crippen molar-refractivity contribution in [2.45, 2.75) is 0 Å². The minimum atomic E-state index is -1.11. The Balaban J connectivity index is 3.25. The minimum Gasteiger partial charge on any atom is -0.843 e. The number of carbonyl (C=O) groups excluding carboxylic acids is 3. The molecule has 1 rings (SSSR count). The molecule has 0 aromatic heterocycles. The Morgan fingerprint density at radius 2 is 2.00 bits per heavy atom. The lowest BCUT2D eigenvalue weighted by Gasteiger charge is -1.87. The number of hydrogen-bond donors (Lipinski definition) is 0. The van der Waals surface area contributed by atoms with Gasteiger partial charge in [0.2, 0.25) is 5.94 Å². The monoisotopic (exact) mass is 136 g/mol. The molecule has 1 aliphatic carbocycles. The van der Waals surface area contributed by atoms with Crippen molar-refractivity contribution < 1.29 is 19.5 Å². The Hall–Kier alpha value is -1.76. The molecule has 0 heterocycles. The van der Waals surface area contributed by atoms with E-state index in [9.17, 15) is 19.5 Å². The fourth-order valence-corrected chi connectivity index (χ4v) is 0.532. The SMILES string of the molecule is O=C=C1C(=O)C(=O)[C+]=C1[O-]. The van der Waals surface area contributed by atoms with Crippen molar-refractivity contribution in [3.05, 3.63) is 17.4 Å². The lowest BCUT2D eigenvalue weighted by Crippen LogP contribution is -2.10. The van der Waals surface area contributed by atoms with E-state index < -0.39 is 22.9 Å². The highest BCUT2D eigenvalue weighted by molar-refractivity contribution is 6.51. The molecule has 0 atom stereocenters. The molecule has 0 saturated carbocycles. The van der Waals surface area contributed by atoms with Gasteiger partial charge in [0, 0.05) is 0 Å². The van der Waals surface area contributed by atoms with E-state index >= 15 is 0 Å². The van der Waals surface area contributed by atoms with Gasteiger partial charge in [-0.15, -0.1) is 0 Å². The molecule has 10 heavy (non-hydrogen) atoms. The number of Topliss-reactive ketones (excluding diaryl/α,β-unsaturated/α-hetero) is 2. The van der Waals surface area contributed by atoms with Crippen LogP contribution < -0.4 is 5.11 Å². The quantitative estimate of drug-likeness (QED) is 0.166. The van der Waals surface area contributed by atoms with Crippen molar-refractivity contribution in [1.29, 1.82) is 0 Å². The Morgan fingerprint density at radius 1 is 1.40 bits per heavy atom. The highest BCUT2D eigenvalue weighted by Gasteiger charge is 2.39. The van der Waals surface area contributed by atoms with Crippen LogP contribution in [0.3, 0.4) is 0 Å². The molecule has 0 aromatic rings. The third-order valence-corrected chi connectivity index (χ3v) is 0.989. The minimum absolute atomic E-state index is 0.745. The molecule has 0 bridgehead atoms. The first-order valence-corrected chi connectivity index (χ1v) is 2.32. The molecule has 4 nitrogen and oxygen atoms in total. The summed E-state index contributed by atoms with van der Waals surface area (Å²) in [6.45, 7) is 0. The topological polar surface area (TPSA) is 74.3 Å². The molecule has 0 aromatic carbocycles. The van der Waals surface area contributed by atoms with Crippen LogP contribution in [-0.2, 0) is 14.4 Å². The molecule has 4 heteroatoms. The maximum Gasteiger partial charge on any atom is 0.403 e. The molecule has 0 spiro atoms. The fourth-order valence-electron chi connectivity index (χ4n) is 0.532. The maximum absolute atomic E-state index is 10.4. The van der Waals surface area contributed by atoms with Crippen molar-refractivity contribution in [2.75, 3.05) is 0 Å². The summed E-state index contributed by atoms with van der Waals surface area (Å²) in [7, 11) is 0. The second-order valence-electron chi connectivity index (χ2n) is 1.59. The van der Waals surface area contributed by atoms with E-state index in [4.69, 9.17) is 0 Å². The van der Waals surface area contributed by atoms with Gasteiger partial charge >= 0.3 is 11.6 Å². The van der Waals surface area contributed by atoms with E-state index in [-0.39, 0.29) is 0 Å². The first kappa shape index (κ1) is 6.36. The van der Waals surface area contributed by atoms with Crippen molar-refractivity contribution in [3.8, 4) is 0 Å². The smallest absolute Gasteiger partial charge is 0.403 e. The summed E-state index contributed by atoms with van der Waals surface area (Å²) in [4.78, 5) is 30.5. The summed E-state index contributed by atoms with van der Waals surface area (Å²) in [5.74, 6) is -2.07. The standard InChI is InChI=1S/C6O4/c7-2-3-4(8)1-5(9)6(3)10. The molecule has 0 radical (unpaired) electrons. The van der Waals surface area contributed by atoms with Gasteiger partial charge in [0.25, 0.3) is 5.57 Å². The number of carbonyl (C=O) groups is 2. The first-order chi connectivity index (χ1) is 4.66. The molecule has 0 aliphatic heterocycles. The molecular weight excluding hydrogens is 136 g/mol. The zero-order valence-corrected chi connectivity index (χ0v) is 4.63. The number of allylic oxidation sites excluding steroid dienone is 2. The Morgan fingerprint density at radius 3 is 2.20 bits per heavy atom. The Labute approximate surface area is 55.5 Å². The van der Waals surface area contributed by atoms with Gasteiger partial charge in [-0.1, -0.05) is 0 Å². The van der Waals surface area contributed by atoms with Crippen LogP contribution in [0.5, 0.6) is 0 Å². The Bertz CT molecular complexity index is 291. The fraction of sp³-hybridized carbons (Fsp3) is 0. The van der Waals surface area contributed by atoms with Crippen LogP contribution in [0.4, 0.5) is 0 Å². The van der Waals surface area contributed by atoms with E-state index in [0.29, 0.717) is 0 Å². The van der Waals surface area contributed by atoms with Crippen LogP contribution in [0.15, 0.2) is 11.3 Å². The van der Waals surface area contributed by atoms with Crippen LogP contribution in [0, 0.1) is 6.08 Å². The molecule has 0 N–H and O–H groups in total. The third kappa shape index (κ3) is 0.650. The molecule has 0 amide bonds. The van der Waals surface area contributed by atoms with E-state index in [0.717, 1.165) is 5.94 Å². The van der Waals surface area contributed by atoms with E-state index in [1.807, 2.05) is 0 Å². The van der Waals surface area contributed by atoms with Crippen molar-refractivity contribution in [1.82, 2.24) is 0 Å². The second kappa shape index (κ2) is 1.88. The van der Waals surface area contributed by atoms with Gasteiger partial charge < -0.3 is 5.11 Å². The predicted octanol–water partition coefficient (Wildman–Crippen LogP) is -2.06. The van der Waals surface area contributed by atoms with Crippen molar-refractivity contribution in [3.63, 3.8) is 0 Å². The zero-order chi connectivity index (χ0) is 7.72. The van der Waals surface area contributed by atoms with E-state index in [2.05, 4.69) is 0 Å². The molecular formula is C6O4. The van der Waals surface area contributed by atoms with Crippen LogP contribution in [-0.4, -0.2) is 17.5 Å². The van der Waals surface area contributed by atoms with Gasteiger partial charge in [-0.3, -0.25) is 0 Å². The van der Waals surface area contributed by atoms with Crippen LogP contribution in [0.2, 0.25) is 0 Å². The first-order valence-electron chi connectivity index (χ1n) is 2.32. The van der Waals surface area contributed by atoms with Gasteiger partial charge in [0.05, 0.1) is 6.08 Å². The normalized spacial score (nSPS) is 16.4. The number of ketones is 2. The molecule has 48 valence electrons. The summed E-state index contributed by atoms with van der Waals surface area (Å²) >= 11 is 0. The van der Waals surface area contributed by atoms with E-state index in [1.165, 1.54) is 0 Å². The summed E-state index contributed by atoms with van der Waals surface area (Å²) in [5.41, 5.74) is -0.745. The molecule has 0 fully saturated rings. The Kier molecular flexibility index (Phi) is 1.20. The van der Waals surface area contributed by atoms with E-state index in [1.54, 1.807) is 6.08 Å². The summed E-state index contributed by atoms with van der Waals surface area (Å²) in [6.07, 6.45) is 1.64. The van der Waals surface area contributed by atoms with Crippen molar-refractivity contribution >= 4 is 17.5 Å². The molecule has 0 unspecified atom stereocenters. The number of rotatable bonds is 0. The van der Waals surface area contributed by atoms with Gasteiger partial charge in [0.15, 0.2) is 0 Å². The molecule has 0 saturated heterocycles. The van der Waals surface area contributed by atoms with Crippen LogP contribution in [0.25, 0.3) is 0 Å². The predicted molar refractivity (Wildman–Crippen MR) is 26.0 cm³/mol. The second-order valence-corrected chi connectivity index (χ2v) is 1.59. The maximum atomic E-state index is 10.4. The lowest BCUT2D eigenvalue weighted by atomic mass is 10.2. The van der Waals surface area contributed by atoms with Crippen molar-refractivity contribution in [2.24, 2.45) is 0 Å². The number of hydrogen-bond acceptors (Lipinski definition) is 4. The highest BCUT2D eigenvalue weighted by atomic mass is 16.3. The summed E-state index contributed by atoms with van der Waals surface area (Å²) in [6, 6.07) is 0. The summed E-state index contributed by atoms with van der Waals surface area (Å²) in [5, 5.41) is 10.4. The average Bonchev–Trinajstić information content (AvgIpc) is 2.09. The summed E-state index contributed by atoms with van der Waals surface area (Å²) < 4.78 is 0.